The molecule has 7 heteroatoms. The van der Waals surface area contributed by atoms with E-state index in [1.165, 1.54) is 19.4 Å². The van der Waals surface area contributed by atoms with Crippen LogP contribution in [0.2, 0.25) is 0 Å². The van der Waals surface area contributed by atoms with Gasteiger partial charge in [-0.15, -0.1) is 0 Å². The Labute approximate surface area is 103 Å². The predicted molar refractivity (Wildman–Crippen MR) is 62.3 cm³/mol. The molecule has 0 saturated carbocycles. The number of H-pyrrole nitrogens is 1. The Balaban J connectivity index is 2.43. The normalized spacial score (nSPS) is 9.67. The zero-order chi connectivity index (χ0) is 13.5. The summed E-state index contributed by atoms with van der Waals surface area (Å²) in [5, 5.41) is 2.28. The molecule has 1 aromatic heterocycles. The molecule has 0 atom stereocenters. The smallest absolute Gasteiger partial charge is 0.325 e. The van der Waals surface area contributed by atoms with E-state index in [4.69, 9.17) is 4.74 Å². The quantitative estimate of drug-likeness (QED) is 0.680. The van der Waals surface area contributed by atoms with Crippen molar-refractivity contribution in [2.24, 2.45) is 0 Å². The fraction of sp³-hybridized carbons (Fsp3) is 0.364. The summed E-state index contributed by atoms with van der Waals surface area (Å²) in [7, 11) is 1.22. The van der Waals surface area contributed by atoms with Crippen molar-refractivity contribution in [3.63, 3.8) is 0 Å². The van der Waals surface area contributed by atoms with Crippen molar-refractivity contribution in [1.29, 1.82) is 0 Å². The molecule has 2 N–H and O–H groups in total. The number of amides is 1. The lowest BCUT2D eigenvalue weighted by Gasteiger charge is -2.06. The number of aromatic nitrogens is 1. The molecule has 18 heavy (non-hydrogen) atoms. The molecule has 0 unspecified atom stereocenters. The van der Waals surface area contributed by atoms with Crippen molar-refractivity contribution < 1.29 is 19.1 Å². The number of carbonyl (C=O) groups excluding carboxylic acids is 2. The summed E-state index contributed by atoms with van der Waals surface area (Å²) >= 11 is 0. The van der Waals surface area contributed by atoms with Crippen LogP contribution in [-0.2, 0) is 14.3 Å². The molecule has 0 radical (unpaired) electrons. The number of hydrogen-bond acceptors (Lipinski definition) is 5. The molecule has 0 saturated heterocycles. The maximum Gasteiger partial charge on any atom is 0.325 e. The lowest BCUT2D eigenvalue weighted by molar-refractivity contribution is -0.141. The van der Waals surface area contributed by atoms with Gasteiger partial charge in [-0.25, -0.2) is 0 Å². The Morgan fingerprint density at radius 3 is 2.78 bits per heavy atom. The Morgan fingerprint density at radius 2 is 2.17 bits per heavy atom. The third kappa shape index (κ3) is 4.28. The van der Waals surface area contributed by atoms with E-state index in [9.17, 15) is 14.4 Å². The van der Waals surface area contributed by atoms with Crippen LogP contribution in [0.3, 0.4) is 0 Å². The number of hydrogen-bond donors (Lipinski definition) is 2. The van der Waals surface area contributed by atoms with Crippen molar-refractivity contribution in [3.05, 3.63) is 28.2 Å². The number of aryl methyl sites for hydroxylation is 1. The highest BCUT2D eigenvalue weighted by Gasteiger charge is 2.07. The zero-order valence-electron chi connectivity index (χ0n) is 10.1. The molecule has 98 valence electrons. The molecule has 0 spiro atoms. The highest BCUT2D eigenvalue weighted by atomic mass is 16.5. The summed E-state index contributed by atoms with van der Waals surface area (Å²) in [5.74, 6) is -1.02. The number of nitrogens with one attached hydrogen (secondary N) is 2. The lowest BCUT2D eigenvalue weighted by Crippen LogP contribution is -2.34. The van der Waals surface area contributed by atoms with E-state index < -0.39 is 11.9 Å². The third-order valence-corrected chi connectivity index (χ3v) is 2.04. The van der Waals surface area contributed by atoms with Gasteiger partial charge in [0.1, 0.15) is 6.54 Å². The average molecular weight is 254 g/mol. The summed E-state index contributed by atoms with van der Waals surface area (Å²) in [6.45, 7) is 1.15. The van der Waals surface area contributed by atoms with E-state index in [2.05, 4.69) is 15.0 Å². The minimum atomic E-state index is -0.559. The molecule has 1 amide bonds. The van der Waals surface area contributed by atoms with E-state index >= 15 is 0 Å². The predicted octanol–water partition coefficient (Wildman–Crippen LogP) is -0.649. The first-order chi connectivity index (χ1) is 8.52. The van der Waals surface area contributed by atoms with E-state index in [0.717, 1.165) is 0 Å². The molecule has 1 aromatic rings. The molecule has 0 aliphatic heterocycles. The molecule has 7 nitrogen and oxygen atoms in total. The lowest BCUT2D eigenvalue weighted by atomic mass is 10.3. The van der Waals surface area contributed by atoms with Gasteiger partial charge in [0.2, 0.25) is 5.43 Å². The number of ether oxygens (including phenoxy) is 2. The first kappa shape index (κ1) is 13.8. The average Bonchev–Trinajstić information content (AvgIpc) is 2.34. The minimum Gasteiger partial charge on any atom is -0.478 e. The van der Waals surface area contributed by atoms with Crippen molar-refractivity contribution >= 4 is 11.9 Å². The molecule has 0 fully saturated rings. The van der Waals surface area contributed by atoms with Gasteiger partial charge in [0, 0.05) is 18.0 Å². The van der Waals surface area contributed by atoms with Crippen LogP contribution in [0.25, 0.3) is 0 Å². The standard InChI is InChI=1S/C11H14N2O5/c1-7-3-8(14)9(4-12-7)18-6-10(15)13-5-11(16)17-2/h3-4H,5-6H2,1-2H3,(H,12,14)(H,13,15). The second kappa shape index (κ2) is 6.43. The molecule has 0 aliphatic rings. The van der Waals surface area contributed by atoms with Crippen LogP contribution in [0.1, 0.15) is 5.69 Å². The highest BCUT2D eigenvalue weighted by Crippen LogP contribution is 2.00. The zero-order valence-corrected chi connectivity index (χ0v) is 10.1. The monoisotopic (exact) mass is 254 g/mol. The number of aromatic amines is 1. The van der Waals surface area contributed by atoms with Crippen LogP contribution in [0.5, 0.6) is 5.75 Å². The number of rotatable bonds is 5. The van der Waals surface area contributed by atoms with E-state index in [1.54, 1.807) is 6.92 Å². The second-order valence-corrected chi connectivity index (χ2v) is 3.49. The van der Waals surface area contributed by atoms with Crippen molar-refractivity contribution in [3.8, 4) is 5.75 Å². The maximum atomic E-state index is 11.4. The second-order valence-electron chi connectivity index (χ2n) is 3.49. The number of esters is 1. The third-order valence-electron chi connectivity index (χ3n) is 2.04. The fourth-order valence-electron chi connectivity index (χ4n) is 1.11. The number of methoxy groups -OCH3 is 1. The molecule has 0 aliphatic carbocycles. The van der Waals surface area contributed by atoms with Crippen LogP contribution >= 0.6 is 0 Å². The van der Waals surface area contributed by atoms with E-state index in [0.29, 0.717) is 5.69 Å². The summed E-state index contributed by atoms with van der Waals surface area (Å²) < 4.78 is 9.36. The Kier molecular flexibility index (Phi) is 4.91. The highest BCUT2D eigenvalue weighted by molar-refractivity contribution is 5.82. The first-order valence-corrected chi connectivity index (χ1v) is 5.18. The van der Waals surface area contributed by atoms with Gasteiger partial charge >= 0.3 is 5.97 Å². The Bertz CT molecular complexity index is 494. The molecular formula is C11H14N2O5. The van der Waals surface area contributed by atoms with Crippen molar-refractivity contribution in [2.75, 3.05) is 20.3 Å². The maximum absolute atomic E-state index is 11.4. The van der Waals surface area contributed by atoms with Crippen LogP contribution in [0.15, 0.2) is 17.1 Å². The molecule has 1 heterocycles. The Morgan fingerprint density at radius 1 is 1.44 bits per heavy atom. The van der Waals surface area contributed by atoms with Crippen molar-refractivity contribution in [2.45, 2.75) is 6.92 Å². The summed E-state index contributed by atoms with van der Waals surface area (Å²) in [4.78, 5) is 36.2. The summed E-state index contributed by atoms with van der Waals surface area (Å²) in [6, 6.07) is 1.36. The van der Waals surface area contributed by atoms with Gasteiger partial charge in [-0.05, 0) is 6.92 Å². The Hall–Kier alpha value is -2.31. The van der Waals surface area contributed by atoms with Crippen LogP contribution in [-0.4, -0.2) is 37.1 Å². The SMILES string of the molecule is COC(=O)CNC(=O)COc1c[nH]c(C)cc1=O. The number of pyridine rings is 1. The van der Waals surface area contributed by atoms with Crippen LogP contribution < -0.4 is 15.5 Å². The first-order valence-electron chi connectivity index (χ1n) is 5.18. The molecular weight excluding hydrogens is 240 g/mol. The van der Waals surface area contributed by atoms with Gasteiger partial charge in [-0.1, -0.05) is 0 Å². The molecule has 0 aromatic carbocycles. The van der Waals surface area contributed by atoms with E-state index in [1.807, 2.05) is 0 Å². The van der Waals surface area contributed by atoms with Gasteiger partial charge < -0.3 is 19.8 Å². The summed E-state index contributed by atoms with van der Waals surface area (Å²) in [6.07, 6.45) is 1.38. The van der Waals surface area contributed by atoms with Crippen molar-refractivity contribution in [1.82, 2.24) is 10.3 Å². The van der Waals surface area contributed by atoms with Crippen LogP contribution in [0, 0.1) is 6.92 Å². The van der Waals surface area contributed by atoms with Crippen LogP contribution in [0.4, 0.5) is 0 Å². The number of carbonyl (C=O) groups is 2. The van der Waals surface area contributed by atoms with E-state index in [-0.39, 0.29) is 24.3 Å². The fourth-order valence-corrected chi connectivity index (χ4v) is 1.11. The van der Waals surface area contributed by atoms with Gasteiger partial charge in [0.05, 0.1) is 7.11 Å². The van der Waals surface area contributed by atoms with Gasteiger partial charge in [-0.2, -0.15) is 0 Å². The molecule has 1 rings (SSSR count). The van der Waals surface area contributed by atoms with Gasteiger partial charge in [0.15, 0.2) is 12.4 Å². The largest absolute Gasteiger partial charge is 0.478 e. The summed E-state index contributed by atoms with van der Waals surface area (Å²) in [5.41, 5.74) is 0.384. The van der Waals surface area contributed by atoms with Gasteiger partial charge in [-0.3, -0.25) is 14.4 Å². The topological polar surface area (TPSA) is 97.5 Å². The molecule has 0 bridgehead atoms. The minimum absolute atomic E-state index is 0.0498. The van der Waals surface area contributed by atoms with Gasteiger partial charge in [0.25, 0.3) is 5.91 Å².